The Hall–Kier alpha value is -2.15. The number of piperidine rings is 1. The van der Waals surface area contributed by atoms with Crippen LogP contribution < -0.4 is 4.90 Å². The van der Waals surface area contributed by atoms with Gasteiger partial charge in [-0.3, -0.25) is 14.9 Å². The van der Waals surface area contributed by atoms with E-state index in [4.69, 9.17) is 0 Å². The maximum absolute atomic E-state index is 12.6. The Bertz CT molecular complexity index is 620. The van der Waals surface area contributed by atoms with Crippen molar-refractivity contribution in [2.45, 2.75) is 25.9 Å². The molecule has 0 spiro atoms. The number of rotatable bonds is 3. The number of non-ortho nitro benzene ring substituents is 1. The molecule has 124 valence electrons. The molecular formula is C16H21N3O4. The fraction of sp³-hybridized carbons (Fsp3) is 0.562. The van der Waals surface area contributed by atoms with E-state index in [1.54, 1.807) is 6.07 Å². The number of carbonyl (C=O) groups is 1. The zero-order valence-corrected chi connectivity index (χ0v) is 13.1. The first-order valence-corrected chi connectivity index (χ1v) is 7.96. The Morgan fingerprint density at radius 1 is 1.30 bits per heavy atom. The van der Waals surface area contributed by atoms with Crippen molar-refractivity contribution in [2.75, 3.05) is 31.1 Å². The minimum Gasteiger partial charge on any atom is -0.389 e. The number of anilines is 1. The van der Waals surface area contributed by atoms with Crippen LogP contribution in [0.2, 0.25) is 0 Å². The SMILES string of the molecule is CC1CCN(c2ccc([N+](=O)[O-])cc2C(=O)N2CC(O)C2)CC1. The molecule has 0 saturated carbocycles. The fourth-order valence-corrected chi connectivity index (χ4v) is 3.13. The van der Waals surface area contributed by atoms with E-state index in [-0.39, 0.29) is 24.7 Å². The van der Waals surface area contributed by atoms with Crippen LogP contribution in [0.15, 0.2) is 18.2 Å². The van der Waals surface area contributed by atoms with E-state index in [0.29, 0.717) is 11.5 Å². The Labute approximate surface area is 134 Å². The predicted molar refractivity (Wildman–Crippen MR) is 85.6 cm³/mol. The number of carbonyl (C=O) groups excluding carboxylic acids is 1. The molecule has 2 aliphatic rings. The van der Waals surface area contributed by atoms with Crippen LogP contribution in [0.5, 0.6) is 0 Å². The number of aliphatic hydroxyl groups excluding tert-OH is 1. The van der Waals surface area contributed by atoms with Gasteiger partial charge in [0.05, 0.1) is 22.3 Å². The molecule has 0 atom stereocenters. The molecule has 0 radical (unpaired) electrons. The largest absolute Gasteiger partial charge is 0.389 e. The van der Waals surface area contributed by atoms with Crippen molar-refractivity contribution in [3.63, 3.8) is 0 Å². The second kappa shape index (κ2) is 6.16. The van der Waals surface area contributed by atoms with E-state index < -0.39 is 11.0 Å². The van der Waals surface area contributed by atoms with Gasteiger partial charge in [-0.15, -0.1) is 0 Å². The lowest BCUT2D eigenvalue weighted by atomic mass is 9.97. The Kier molecular flexibility index (Phi) is 4.21. The topological polar surface area (TPSA) is 86.9 Å². The van der Waals surface area contributed by atoms with E-state index in [2.05, 4.69) is 11.8 Å². The number of hydrogen-bond donors (Lipinski definition) is 1. The summed E-state index contributed by atoms with van der Waals surface area (Å²) in [4.78, 5) is 26.9. The maximum Gasteiger partial charge on any atom is 0.270 e. The van der Waals surface area contributed by atoms with Crippen LogP contribution >= 0.6 is 0 Å². The third kappa shape index (κ3) is 3.14. The normalized spacial score (nSPS) is 19.6. The fourth-order valence-electron chi connectivity index (χ4n) is 3.13. The summed E-state index contributed by atoms with van der Waals surface area (Å²) in [6.45, 7) is 4.49. The van der Waals surface area contributed by atoms with Crippen molar-refractivity contribution in [3.8, 4) is 0 Å². The number of hydrogen-bond acceptors (Lipinski definition) is 5. The van der Waals surface area contributed by atoms with Crippen molar-refractivity contribution < 1.29 is 14.8 Å². The summed E-state index contributed by atoms with van der Waals surface area (Å²) in [6.07, 6.45) is 1.61. The summed E-state index contributed by atoms with van der Waals surface area (Å²) < 4.78 is 0. The second-order valence-electron chi connectivity index (χ2n) is 6.49. The molecule has 0 aromatic heterocycles. The van der Waals surface area contributed by atoms with Gasteiger partial charge in [0, 0.05) is 38.3 Å². The molecule has 7 heteroatoms. The van der Waals surface area contributed by atoms with Crippen LogP contribution in [-0.2, 0) is 0 Å². The van der Waals surface area contributed by atoms with E-state index in [1.807, 2.05) is 0 Å². The molecule has 0 bridgehead atoms. The van der Waals surface area contributed by atoms with Crippen molar-refractivity contribution in [2.24, 2.45) is 5.92 Å². The summed E-state index contributed by atoms with van der Waals surface area (Å²) in [6, 6.07) is 4.49. The second-order valence-corrected chi connectivity index (χ2v) is 6.49. The van der Waals surface area contributed by atoms with E-state index in [9.17, 15) is 20.0 Å². The standard InChI is InChI=1S/C16H21N3O4/c1-11-4-6-17(7-5-11)15-3-2-12(19(22)23)8-14(15)16(21)18-9-13(20)10-18/h2-3,8,11,13,20H,4-7,9-10H2,1H3. The highest BCUT2D eigenvalue weighted by atomic mass is 16.6. The Morgan fingerprint density at radius 3 is 2.52 bits per heavy atom. The van der Waals surface area contributed by atoms with Gasteiger partial charge in [0.25, 0.3) is 11.6 Å². The highest BCUT2D eigenvalue weighted by Gasteiger charge is 2.32. The van der Waals surface area contributed by atoms with Crippen LogP contribution in [0.25, 0.3) is 0 Å². The van der Waals surface area contributed by atoms with Gasteiger partial charge in [0.1, 0.15) is 0 Å². The van der Waals surface area contributed by atoms with Crippen LogP contribution in [0, 0.1) is 16.0 Å². The smallest absolute Gasteiger partial charge is 0.270 e. The minimum atomic E-state index is -0.489. The maximum atomic E-state index is 12.6. The average molecular weight is 319 g/mol. The molecule has 1 amide bonds. The molecule has 0 aliphatic carbocycles. The van der Waals surface area contributed by atoms with Crippen molar-refractivity contribution in [1.29, 1.82) is 0 Å². The number of benzene rings is 1. The van der Waals surface area contributed by atoms with E-state index in [0.717, 1.165) is 31.6 Å². The molecular weight excluding hydrogens is 298 g/mol. The number of β-amino-alcohol motifs (C(OH)–C–C–N with tert-alkyl or cyclic N) is 1. The van der Waals surface area contributed by atoms with Gasteiger partial charge in [-0.1, -0.05) is 6.92 Å². The molecule has 1 aromatic carbocycles. The van der Waals surface area contributed by atoms with Crippen LogP contribution in [0.4, 0.5) is 11.4 Å². The first-order chi connectivity index (χ1) is 11.0. The molecule has 2 saturated heterocycles. The van der Waals surface area contributed by atoms with Gasteiger partial charge in [0.2, 0.25) is 0 Å². The molecule has 7 nitrogen and oxygen atoms in total. The molecule has 2 heterocycles. The summed E-state index contributed by atoms with van der Waals surface area (Å²) in [5, 5.41) is 20.4. The lowest BCUT2D eigenvalue weighted by Crippen LogP contribution is -2.53. The molecule has 1 aromatic rings. The van der Waals surface area contributed by atoms with E-state index >= 15 is 0 Å². The van der Waals surface area contributed by atoms with Crippen molar-refractivity contribution in [3.05, 3.63) is 33.9 Å². The molecule has 0 unspecified atom stereocenters. The molecule has 23 heavy (non-hydrogen) atoms. The highest BCUT2D eigenvalue weighted by molar-refractivity contribution is 6.01. The van der Waals surface area contributed by atoms with Crippen LogP contribution in [0.3, 0.4) is 0 Å². The molecule has 2 fully saturated rings. The summed E-state index contributed by atoms with van der Waals surface area (Å²) in [5.41, 5.74) is 1.04. The van der Waals surface area contributed by atoms with Gasteiger partial charge in [-0.2, -0.15) is 0 Å². The Balaban J connectivity index is 1.91. The molecule has 3 rings (SSSR count). The number of nitro benzene ring substituents is 1. The predicted octanol–water partition coefficient (Wildman–Crippen LogP) is 1.65. The molecule has 1 N–H and O–H groups in total. The third-order valence-electron chi connectivity index (χ3n) is 4.70. The zero-order chi connectivity index (χ0) is 16.6. The number of likely N-dealkylation sites (tertiary alicyclic amines) is 1. The minimum absolute atomic E-state index is 0.0800. The van der Waals surface area contributed by atoms with Gasteiger partial charge in [-0.05, 0) is 24.8 Å². The van der Waals surface area contributed by atoms with Crippen molar-refractivity contribution in [1.82, 2.24) is 4.90 Å². The zero-order valence-electron chi connectivity index (χ0n) is 13.1. The molecule has 2 aliphatic heterocycles. The van der Waals surface area contributed by atoms with Gasteiger partial charge >= 0.3 is 0 Å². The van der Waals surface area contributed by atoms with Crippen molar-refractivity contribution >= 4 is 17.3 Å². The van der Waals surface area contributed by atoms with Gasteiger partial charge in [0.15, 0.2) is 0 Å². The first-order valence-electron chi connectivity index (χ1n) is 7.96. The highest BCUT2D eigenvalue weighted by Crippen LogP contribution is 2.31. The number of nitrogens with zero attached hydrogens (tertiary/aromatic N) is 3. The van der Waals surface area contributed by atoms with Gasteiger partial charge in [-0.25, -0.2) is 0 Å². The van der Waals surface area contributed by atoms with Crippen LogP contribution in [0.1, 0.15) is 30.1 Å². The summed E-state index contributed by atoms with van der Waals surface area (Å²) in [7, 11) is 0. The van der Waals surface area contributed by atoms with Crippen LogP contribution in [-0.4, -0.2) is 53.1 Å². The monoisotopic (exact) mass is 319 g/mol. The number of amides is 1. The first kappa shape index (κ1) is 15.7. The number of nitro groups is 1. The number of aliphatic hydroxyl groups is 1. The quantitative estimate of drug-likeness (QED) is 0.676. The lowest BCUT2D eigenvalue weighted by Gasteiger charge is -2.38. The summed E-state index contributed by atoms with van der Waals surface area (Å²) in [5.74, 6) is 0.418. The third-order valence-corrected chi connectivity index (χ3v) is 4.70. The lowest BCUT2D eigenvalue weighted by molar-refractivity contribution is -0.384. The Morgan fingerprint density at radius 2 is 1.96 bits per heavy atom. The average Bonchev–Trinajstić information content (AvgIpc) is 2.51. The summed E-state index contributed by atoms with van der Waals surface area (Å²) >= 11 is 0. The van der Waals surface area contributed by atoms with Gasteiger partial charge < -0.3 is 14.9 Å². The van der Waals surface area contributed by atoms with E-state index in [1.165, 1.54) is 17.0 Å².